The number of nitrogens with one attached hydrogen (secondary N) is 1. The smallest absolute Gasteiger partial charge is 0.220 e. The van der Waals surface area contributed by atoms with Crippen molar-refractivity contribution in [3.8, 4) is 11.4 Å². The van der Waals surface area contributed by atoms with Crippen LogP contribution in [0.2, 0.25) is 0 Å². The Labute approximate surface area is 118 Å². The number of carbonyl (C=O) groups is 1. The lowest BCUT2D eigenvalue weighted by Crippen LogP contribution is -2.13. The zero-order valence-corrected chi connectivity index (χ0v) is 11.8. The summed E-state index contributed by atoms with van der Waals surface area (Å²) >= 11 is 0. The molecule has 0 aliphatic carbocycles. The molecule has 1 saturated heterocycles. The molecule has 5 nitrogen and oxygen atoms in total. The number of hydrogen-bond acceptors (Lipinski definition) is 3. The molecule has 1 aliphatic rings. The number of nitrogens with zero attached hydrogens (tertiary/aromatic N) is 3. The Morgan fingerprint density at radius 1 is 1.35 bits per heavy atom. The van der Waals surface area contributed by atoms with Gasteiger partial charge in [0.1, 0.15) is 0 Å². The maximum Gasteiger partial charge on any atom is 0.220 e. The Hall–Kier alpha value is -2.17. The van der Waals surface area contributed by atoms with Gasteiger partial charge in [-0.05, 0) is 5.56 Å². The molecule has 2 aromatic rings. The Morgan fingerprint density at radius 3 is 2.65 bits per heavy atom. The number of rotatable bonds is 3. The normalized spacial score (nSPS) is 18.3. The van der Waals surface area contributed by atoms with Crippen molar-refractivity contribution in [3.05, 3.63) is 35.7 Å². The minimum absolute atomic E-state index is 0.139. The summed E-state index contributed by atoms with van der Waals surface area (Å²) < 4.78 is 1.81. The monoisotopic (exact) mass is 270 g/mol. The van der Waals surface area contributed by atoms with Crippen molar-refractivity contribution in [2.24, 2.45) is 7.05 Å². The topological polar surface area (TPSA) is 59.8 Å². The van der Waals surface area contributed by atoms with Gasteiger partial charge < -0.3 is 5.32 Å². The molecule has 104 valence electrons. The molecular formula is C15H18N4O. The molecule has 0 spiro atoms. The van der Waals surface area contributed by atoms with Crippen LogP contribution in [0.4, 0.5) is 0 Å². The highest BCUT2D eigenvalue weighted by Gasteiger charge is 2.22. The van der Waals surface area contributed by atoms with E-state index in [4.69, 9.17) is 0 Å². The SMILES string of the molecule is CCc1nc(-c2ccc(C3CNC(=O)C3)cc2)n(C)n1. The highest BCUT2D eigenvalue weighted by Crippen LogP contribution is 2.25. The van der Waals surface area contributed by atoms with E-state index in [-0.39, 0.29) is 5.91 Å². The van der Waals surface area contributed by atoms with E-state index in [2.05, 4.69) is 39.7 Å². The van der Waals surface area contributed by atoms with E-state index in [0.29, 0.717) is 12.3 Å². The van der Waals surface area contributed by atoms with Gasteiger partial charge in [-0.15, -0.1) is 0 Å². The summed E-state index contributed by atoms with van der Waals surface area (Å²) in [5.41, 5.74) is 2.26. The van der Waals surface area contributed by atoms with Crippen molar-refractivity contribution in [1.29, 1.82) is 0 Å². The average molecular weight is 270 g/mol. The van der Waals surface area contributed by atoms with Crippen LogP contribution in [0, 0.1) is 0 Å². The van der Waals surface area contributed by atoms with E-state index in [1.165, 1.54) is 5.56 Å². The van der Waals surface area contributed by atoms with Crippen LogP contribution >= 0.6 is 0 Å². The molecule has 1 atom stereocenters. The van der Waals surface area contributed by atoms with Gasteiger partial charge >= 0.3 is 0 Å². The number of hydrogen-bond donors (Lipinski definition) is 1. The fourth-order valence-corrected chi connectivity index (χ4v) is 2.58. The van der Waals surface area contributed by atoms with Gasteiger partial charge in [0.15, 0.2) is 11.6 Å². The van der Waals surface area contributed by atoms with Gasteiger partial charge in [-0.1, -0.05) is 31.2 Å². The molecule has 1 aromatic carbocycles. The lowest BCUT2D eigenvalue weighted by atomic mass is 9.97. The van der Waals surface area contributed by atoms with Crippen LogP contribution in [0.3, 0.4) is 0 Å². The fraction of sp³-hybridized carbons (Fsp3) is 0.400. The van der Waals surface area contributed by atoms with Crippen LogP contribution in [-0.2, 0) is 18.3 Å². The molecule has 20 heavy (non-hydrogen) atoms. The number of amides is 1. The highest BCUT2D eigenvalue weighted by atomic mass is 16.1. The maximum atomic E-state index is 11.3. The summed E-state index contributed by atoms with van der Waals surface area (Å²) in [6, 6.07) is 8.28. The van der Waals surface area contributed by atoms with E-state index >= 15 is 0 Å². The zero-order chi connectivity index (χ0) is 14.1. The third-order valence-corrected chi connectivity index (χ3v) is 3.74. The lowest BCUT2D eigenvalue weighted by Gasteiger charge is -2.08. The zero-order valence-electron chi connectivity index (χ0n) is 11.8. The molecule has 1 unspecified atom stereocenters. The van der Waals surface area contributed by atoms with E-state index in [0.717, 1.165) is 30.2 Å². The molecule has 1 aromatic heterocycles. The summed E-state index contributed by atoms with van der Waals surface area (Å²) in [6.07, 6.45) is 1.42. The molecule has 1 aliphatic heterocycles. The standard InChI is InChI=1S/C15H18N4O/c1-3-13-17-15(19(2)18-13)11-6-4-10(5-7-11)12-8-14(20)16-9-12/h4-7,12H,3,8-9H2,1-2H3,(H,16,20). The Balaban J connectivity index is 1.85. The summed E-state index contributed by atoms with van der Waals surface area (Å²) in [4.78, 5) is 15.8. The quantitative estimate of drug-likeness (QED) is 0.922. The van der Waals surface area contributed by atoms with Gasteiger partial charge in [0.05, 0.1) is 0 Å². The van der Waals surface area contributed by atoms with E-state index < -0.39 is 0 Å². The van der Waals surface area contributed by atoms with Gasteiger partial charge in [-0.3, -0.25) is 4.79 Å². The molecule has 0 saturated carbocycles. The first kappa shape index (κ1) is 12.8. The second-order valence-corrected chi connectivity index (χ2v) is 5.16. The van der Waals surface area contributed by atoms with Crippen molar-refractivity contribution in [1.82, 2.24) is 20.1 Å². The molecule has 0 bridgehead atoms. The van der Waals surface area contributed by atoms with Gasteiger partial charge in [0, 0.05) is 37.9 Å². The molecule has 5 heteroatoms. The molecule has 2 heterocycles. The van der Waals surface area contributed by atoms with Crippen molar-refractivity contribution in [2.45, 2.75) is 25.7 Å². The number of aryl methyl sites for hydroxylation is 2. The maximum absolute atomic E-state index is 11.3. The van der Waals surface area contributed by atoms with Crippen LogP contribution in [0.5, 0.6) is 0 Å². The van der Waals surface area contributed by atoms with Crippen LogP contribution in [0.1, 0.15) is 30.7 Å². The Bertz CT molecular complexity index is 630. The van der Waals surface area contributed by atoms with Gasteiger partial charge in [-0.2, -0.15) is 5.10 Å². The molecule has 1 fully saturated rings. The molecule has 1 amide bonds. The molecule has 3 rings (SSSR count). The summed E-state index contributed by atoms with van der Waals surface area (Å²) in [7, 11) is 1.91. The largest absolute Gasteiger partial charge is 0.355 e. The van der Waals surface area contributed by atoms with Crippen molar-refractivity contribution < 1.29 is 4.79 Å². The van der Waals surface area contributed by atoms with Gasteiger partial charge in [-0.25, -0.2) is 9.67 Å². The summed E-state index contributed by atoms with van der Waals surface area (Å²) in [6.45, 7) is 2.79. The number of benzene rings is 1. The minimum Gasteiger partial charge on any atom is -0.355 e. The molecular weight excluding hydrogens is 252 g/mol. The molecule has 1 N–H and O–H groups in total. The van der Waals surface area contributed by atoms with Crippen molar-refractivity contribution in [2.75, 3.05) is 6.54 Å². The van der Waals surface area contributed by atoms with Gasteiger partial charge in [0.2, 0.25) is 5.91 Å². The first-order valence-electron chi connectivity index (χ1n) is 6.94. The number of carbonyl (C=O) groups excluding carboxylic acids is 1. The third kappa shape index (κ3) is 2.31. The van der Waals surface area contributed by atoms with Crippen LogP contribution in [-0.4, -0.2) is 27.2 Å². The number of aromatic nitrogens is 3. The lowest BCUT2D eigenvalue weighted by molar-refractivity contribution is -0.119. The summed E-state index contributed by atoms with van der Waals surface area (Å²) in [5.74, 6) is 2.17. The second kappa shape index (κ2) is 5.07. The predicted octanol–water partition coefficient (Wildman–Crippen LogP) is 1.65. The Kier molecular flexibility index (Phi) is 3.26. The van der Waals surface area contributed by atoms with Crippen molar-refractivity contribution >= 4 is 5.91 Å². The second-order valence-electron chi connectivity index (χ2n) is 5.16. The van der Waals surface area contributed by atoms with Gasteiger partial charge in [0.25, 0.3) is 0 Å². The average Bonchev–Trinajstić information content (AvgIpc) is 3.05. The van der Waals surface area contributed by atoms with E-state index in [1.807, 2.05) is 18.7 Å². The summed E-state index contributed by atoms with van der Waals surface area (Å²) in [5, 5.41) is 7.24. The van der Waals surface area contributed by atoms with Crippen molar-refractivity contribution in [3.63, 3.8) is 0 Å². The first-order chi connectivity index (χ1) is 9.67. The molecule has 0 radical (unpaired) electrons. The Morgan fingerprint density at radius 2 is 2.10 bits per heavy atom. The van der Waals surface area contributed by atoms with E-state index in [9.17, 15) is 4.79 Å². The first-order valence-corrected chi connectivity index (χ1v) is 6.94. The van der Waals surface area contributed by atoms with Crippen LogP contribution in [0.25, 0.3) is 11.4 Å². The van der Waals surface area contributed by atoms with E-state index in [1.54, 1.807) is 0 Å². The minimum atomic E-state index is 0.139. The fourth-order valence-electron chi connectivity index (χ4n) is 2.58. The highest BCUT2D eigenvalue weighted by molar-refractivity contribution is 5.79. The third-order valence-electron chi connectivity index (χ3n) is 3.74. The predicted molar refractivity (Wildman–Crippen MR) is 76.2 cm³/mol. The van der Waals surface area contributed by atoms with Crippen LogP contribution in [0.15, 0.2) is 24.3 Å². The van der Waals surface area contributed by atoms with Crippen LogP contribution < -0.4 is 5.32 Å².